The van der Waals surface area contributed by atoms with Crippen LogP contribution in [0.1, 0.15) is 30.9 Å². The maximum atomic E-state index is 12.5. The largest absolute Gasteiger partial charge is 0.479 e. The van der Waals surface area contributed by atoms with E-state index in [4.69, 9.17) is 9.47 Å². The van der Waals surface area contributed by atoms with E-state index < -0.39 is 23.0 Å². The Morgan fingerprint density at radius 1 is 1.07 bits per heavy atom. The summed E-state index contributed by atoms with van der Waals surface area (Å²) in [6, 6.07) is 16.1. The number of carboxylic acid groups (broad SMARTS) is 1. The van der Waals surface area contributed by atoms with Crippen molar-refractivity contribution < 1.29 is 24.2 Å². The fourth-order valence-corrected chi connectivity index (χ4v) is 4.20. The van der Waals surface area contributed by atoms with Gasteiger partial charge in [-0.25, -0.2) is 9.59 Å². The van der Waals surface area contributed by atoms with E-state index in [0.29, 0.717) is 0 Å². The average molecular weight is 381 g/mol. The van der Waals surface area contributed by atoms with Crippen molar-refractivity contribution in [3.8, 4) is 11.1 Å². The van der Waals surface area contributed by atoms with Crippen molar-refractivity contribution in [3.63, 3.8) is 0 Å². The SMILES string of the molecule is CC1(C)COCC1(NC(=O)OCC1c2ccccc2-c2ccccc21)C(=O)O. The lowest BCUT2D eigenvalue weighted by Crippen LogP contribution is -2.63. The number of hydrogen-bond donors (Lipinski definition) is 2. The molecule has 1 aliphatic heterocycles. The lowest BCUT2D eigenvalue weighted by Gasteiger charge is -2.35. The van der Waals surface area contributed by atoms with Crippen molar-refractivity contribution in [2.75, 3.05) is 19.8 Å². The number of rotatable bonds is 4. The zero-order valence-corrected chi connectivity index (χ0v) is 15.9. The summed E-state index contributed by atoms with van der Waals surface area (Å²) < 4.78 is 10.9. The van der Waals surface area contributed by atoms with Crippen LogP contribution in [0.3, 0.4) is 0 Å². The number of benzene rings is 2. The third-order valence-electron chi connectivity index (χ3n) is 5.96. The topological polar surface area (TPSA) is 84.9 Å². The van der Waals surface area contributed by atoms with Gasteiger partial charge in [0.25, 0.3) is 0 Å². The molecule has 4 rings (SSSR count). The lowest BCUT2D eigenvalue weighted by atomic mass is 9.75. The van der Waals surface area contributed by atoms with Crippen molar-refractivity contribution in [1.29, 1.82) is 0 Å². The van der Waals surface area contributed by atoms with E-state index in [0.717, 1.165) is 22.3 Å². The molecule has 1 atom stereocenters. The molecular weight excluding hydrogens is 358 g/mol. The maximum Gasteiger partial charge on any atom is 0.408 e. The van der Waals surface area contributed by atoms with Gasteiger partial charge in [-0.05, 0) is 22.3 Å². The maximum absolute atomic E-state index is 12.5. The van der Waals surface area contributed by atoms with E-state index in [1.54, 1.807) is 13.8 Å². The standard InChI is InChI=1S/C22H23NO5/c1-21(2)12-27-13-22(21,19(24)25)23-20(26)28-11-18-16-9-5-3-7-14(16)15-8-4-6-10-17(15)18/h3-10,18H,11-13H2,1-2H3,(H,23,26)(H,24,25). The molecule has 1 saturated heterocycles. The smallest absolute Gasteiger partial charge is 0.408 e. The van der Waals surface area contributed by atoms with Crippen LogP contribution < -0.4 is 5.32 Å². The van der Waals surface area contributed by atoms with E-state index in [1.165, 1.54) is 0 Å². The third kappa shape index (κ3) is 2.76. The molecular formula is C22H23NO5. The van der Waals surface area contributed by atoms with Crippen molar-refractivity contribution >= 4 is 12.1 Å². The van der Waals surface area contributed by atoms with Crippen LogP contribution in [0.15, 0.2) is 48.5 Å². The summed E-state index contributed by atoms with van der Waals surface area (Å²) in [5.41, 5.74) is 2.24. The fourth-order valence-electron chi connectivity index (χ4n) is 4.20. The van der Waals surface area contributed by atoms with Crippen LogP contribution in [0.5, 0.6) is 0 Å². The number of carboxylic acids is 1. The quantitative estimate of drug-likeness (QED) is 0.848. The van der Waals surface area contributed by atoms with Crippen LogP contribution in [-0.2, 0) is 14.3 Å². The van der Waals surface area contributed by atoms with Crippen molar-refractivity contribution in [2.45, 2.75) is 25.3 Å². The molecule has 0 saturated carbocycles. The Bertz CT molecular complexity index is 893. The molecule has 0 aromatic heterocycles. The van der Waals surface area contributed by atoms with Crippen molar-refractivity contribution in [3.05, 3.63) is 59.7 Å². The summed E-state index contributed by atoms with van der Waals surface area (Å²) in [6.07, 6.45) is -0.747. The van der Waals surface area contributed by atoms with Crippen molar-refractivity contribution in [2.24, 2.45) is 5.41 Å². The first kappa shape index (κ1) is 18.5. The first-order valence-corrected chi connectivity index (χ1v) is 9.30. The molecule has 2 aliphatic rings. The summed E-state index contributed by atoms with van der Waals surface area (Å²) in [5, 5.41) is 12.3. The predicted molar refractivity (Wildman–Crippen MR) is 103 cm³/mol. The van der Waals surface area contributed by atoms with Crippen LogP contribution in [0.4, 0.5) is 4.79 Å². The van der Waals surface area contributed by atoms with Gasteiger partial charge < -0.3 is 19.9 Å². The molecule has 2 aromatic carbocycles. The minimum atomic E-state index is -1.50. The number of carbonyl (C=O) groups is 2. The number of nitrogens with one attached hydrogen (secondary N) is 1. The Balaban J connectivity index is 1.52. The zero-order valence-electron chi connectivity index (χ0n) is 15.9. The van der Waals surface area contributed by atoms with Gasteiger partial charge in [0.05, 0.1) is 13.2 Å². The van der Waals surface area contributed by atoms with Crippen LogP contribution in [0.25, 0.3) is 11.1 Å². The molecule has 6 nitrogen and oxygen atoms in total. The van der Waals surface area contributed by atoms with Crippen LogP contribution in [0.2, 0.25) is 0 Å². The molecule has 2 aromatic rings. The number of ether oxygens (including phenoxy) is 2. The minimum Gasteiger partial charge on any atom is -0.479 e. The Kier molecular flexibility index (Phi) is 4.38. The highest BCUT2D eigenvalue weighted by Crippen LogP contribution is 2.44. The number of carbonyl (C=O) groups excluding carboxylic acids is 1. The molecule has 1 fully saturated rings. The second kappa shape index (κ2) is 6.63. The first-order valence-electron chi connectivity index (χ1n) is 9.30. The summed E-state index contributed by atoms with van der Waals surface area (Å²) in [6.45, 7) is 3.83. The third-order valence-corrected chi connectivity index (χ3v) is 5.96. The molecule has 1 heterocycles. The highest BCUT2D eigenvalue weighted by Gasteiger charge is 2.57. The van der Waals surface area contributed by atoms with Gasteiger partial charge in [-0.3, -0.25) is 0 Å². The molecule has 0 radical (unpaired) electrons. The second-order valence-corrected chi connectivity index (χ2v) is 8.04. The summed E-state index contributed by atoms with van der Waals surface area (Å²) in [5.74, 6) is -1.20. The summed E-state index contributed by atoms with van der Waals surface area (Å²) in [7, 11) is 0. The van der Waals surface area contributed by atoms with Gasteiger partial charge in [-0.1, -0.05) is 62.4 Å². The summed E-state index contributed by atoms with van der Waals surface area (Å²) in [4.78, 5) is 24.4. The molecule has 0 bridgehead atoms. The molecule has 1 amide bonds. The van der Waals surface area contributed by atoms with E-state index >= 15 is 0 Å². The zero-order chi connectivity index (χ0) is 19.9. The highest BCUT2D eigenvalue weighted by atomic mass is 16.6. The van der Waals surface area contributed by atoms with E-state index in [9.17, 15) is 14.7 Å². The van der Waals surface area contributed by atoms with Gasteiger partial charge in [-0.2, -0.15) is 0 Å². The number of aliphatic carboxylic acids is 1. The predicted octanol–water partition coefficient (Wildman–Crippen LogP) is 3.40. The van der Waals surface area contributed by atoms with Gasteiger partial charge in [0.1, 0.15) is 6.61 Å². The monoisotopic (exact) mass is 381 g/mol. The molecule has 1 unspecified atom stereocenters. The van der Waals surface area contributed by atoms with E-state index in [-0.39, 0.29) is 25.7 Å². The highest BCUT2D eigenvalue weighted by molar-refractivity contribution is 5.86. The fraction of sp³-hybridized carbons (Fsp3) is 0.364. The molecule has 0 spiro atoms. The Labute approximate surface area is 163 Å². The van der Waals surface area contributed by atoms with Gasteiger partial charge in [-0.15, -0.1) is 0 Å². The lowest BCUT2D eigenvalue weighted by molar-refractivity contribution is -0.148. The first-order chi connectivity index (χ1) is 13.4. The number of amides is 1. The molecule has 146 valence electrons. The van der Waals surface area contributed by atoms with E-state index in [2.05, 4.69) is 17.4 Å². The number of alkyl carbamates (subject to hydrolysis) is 1. The molecule has 1 aliphatic carbocycles. The van der Waals surface area contributed by atoms with Crippen LogP contribution in [0, 0.1) is 5.41 Å². The Morgan fingerprint density at radius 2 is 1.64 bits per heavy atom. The second-order valence-electron chi connectivity index (χ2n) is 8.04. The van der Waals surface area contributed by atoms with Crippen LogP contribution >= 0.6 is 0 Å². The van der Waals surface area contributed by atoms with Gasteiger partial charge >= 0.3 is 12.1 Å². The minimum absolute atomic E-state index is 0.0771. The van der Waals surface area contributed by atoms with Gasteiger partial charge in [0, 0.05) is 11.3 Å². The van der Waals surface area contributed by atoms with Gasteiger partial charge in [0.2, 0.25) is 0 Å². The molecule has 6 heteroatoms. The summed E-state index contributed by atoms with van der Waals surface area (Å²) >= 11 is 0. The molecule has 2 N–H and O–H groups in total. The van der Waals surface area contributed by atoms with Gasteiger partial charge in [0.15, 0.2) is 5.54 Å². The molecule has 28 heavy (non-hydrogen) atoms. The van der Waals surface area contributed by atoms with E-state index in [1.807, 2.05) is 36.4 Å². The Morgan fingerprint density at radius 3 is 2.14 bits per heavy atom. The van der Waals surface area contributed by atoms with Crippen molar-refractivity contribution in [1.82, 2.24) is 5.32 Å². The van der Waals surface area contributed by atoms with Crippen LogP contribution in [-0.4, -0.2) is 42.5 Å². The average Bonchev–Trinajstić information content (AvgIpc) is 3.15. The normalized spacial score (nSPS) is 22.4. The Hall–Kier alpha value is -2.86. The number of hydrogen-bond acceptors (Lipinski definition) is 4. The number of fused-ring (bicyclic) bond motifs is 3.